The minimum atomic E-state index is -1.31. The lowest BCUT2D eigenvalue weighted by atomic mass is 10.0. The van der Waals surface area contributed by atoms with Crippen LogP contribution in [0.25, 0.3) is 11.1 Å². The molecule has 0 atom stereocenters. The highest BCUT2D eigenvalue weighted by Crippen LogP contribution is 2.34. The van der Waals surface area contributed by atoms with Crippen molar-refractivity contribution in [2.45, 2.75) is 13.3 Å². The molecule has 2 aromatic carbocycles. The fourth-order valence-corrected chi connectivity index (χ4v) is 1.96. The summed E-state index contributed by atoms with van der Waals surface area (Å²) in [4.78, 5) is 0. The Morgan fingerprint density at radius 2 is 1.27 bits per heavy atom. The van der Waals surface area contributed by atoms with Crippen LogP contribution in [0.15, 0.2) is 24.3 Å². The van der Waals surface area contributed by atoms with E-state index in [1.165, 1.54) is 13.2 Å². The quantitative estimate of drug-likeness (QED) is 0.744. The molecule has 6 heteroatoms. The number of hydrogen-bond donors (Lipinski definition) is 0. The first-order valence-electron chi connectivity index (χ1n) is 6.64. The van der Waals surface area contributed by atoms with Gasteiger partial charge in [0.05, 0.1) is 13.7 Å². The van der Waals surface area contributed by atoms with Gasteiger partial charge in [0.2, 0.25) is 11.6 Å². The molecule has 118 valence electrons. The molecule has 0 aromatic heterocycles. The molecule has 2 aromatic rings. The van der Waals surface area contributed by atoms with Crippen LogP contribution in [0, 0.1) is 23.3 Å². The molecular weight excluding hydrogens is 300 g/mol. The summed E-state index contributed by atoms with van der Waals surface area (Å²) in [5.41, 5.74) is -0.780. The lowest BCUT2D eigenvalue weighted by Gasteiger charge is -2.11. The van der Waals surface area contributed by atoms with Gasteiger partial charge >= 0.3 is 0 Å². The minimum Gasteiger partial charge on any atom is -0.494 e. The second kappa shape index (κ2) is 6.68. The van der Waals surface area contributed by atoms with Gasteiger partial charge in [-0.1, -0.05) is 6.92 Å². The largest absolute Gasteiger partial charge is 0.494 e. The van der Waals surface area contributed by atoms with Crippen LogP contribution in [0.1, 0.15) is 13.3 Å². The molecule has 2 rings (SSSR count). The van der Waals surface area contributed by atoms with Crippen molar-refractivity contribution in [1.29, 1.82) is 0 Å². The highest BCUT2D eigenvalue weighted by atomic mass is 19.2. The van der Waals surface area contributed by atoms with Crippen molar-refractivity contribution < 1.29 is 27.0 Å². The van der Waals surface area contributed by atoms with Gasteiger partial charge in [0.25, 0.3) is 0 Å². The molecule has 2 nitrogen and oxygen atoms in total. The minimum absolute atomic E-state index is 0.223. The van der Waals surface area contributed by atoms with Gasteiger partial charge in [0.15, 0.2) is 23.1 Å². The van der Waals surface area contributed by atoms with Crippen LogP contribution in [0.5, 0.6) is 11.5 Å². The Hall–Kier alpha value is -2.24. The standard InChI is InChI=1S/C16H14F4O2/c1-3-8-22-12-7-5-10(14(18)16(12)20)9-4-6-11(21-2)15(19)13(9)17/h4-7H,3,8H2,1-2H3. The molecule has 0 spiro atoms. The topological polar surface area (TPSA) is 18.5 Å². The van der Waals surface area contributed by atoms with Crippen LogP contribution >= 0.6 is 0 Å². The predicted molar refractivity (Wildman–Crippen MR) is 74.0 cm³/mol. The van der Waals surface area contributed by atoms with Crippen molar-refractivity contribution in [1.82, 2.24) is 0 Å². The van der Waals surface area contributed by atoms with Crippen molar-refractivity contribution in [2.24, 2.45) is 0 Å². The molecule has 22 heavy (non-hydrogen) atoms. The van der Waals surface area contributed by atoms with Gasteiger partial charge in [0.1, 0.15) is 0 Å². The Kier molecular flexibility index (Phi) is 4.90. The van der Waals surface area contributed by atoms with Crippen LogP contribution in [0.4, 0.5) is 17.6 Å². The van der Waals surface area contributed by atoms with Crippen molar-refractivity contribution >= 4 is 0 Å². The third kappa shape index (κ3) is 2.86. The van der Waals surface area contributed by atoms with E-state index in [1.807, 2.05) is 6.92 Å². The Morgan fingerprint density at radius 3 is 1.77 bits per heavy atom. The zero-order valence-electron chi connectivity index (χ0n) is 12.1. The molecular formula is C16H14F4O2. The van der Waals surface area contributed by atoms with E-state index >= 15 is 0 Å². The SMILES string of the molecule is CCCOc1ccc(-c2ccc(OC)c(F)c2F)c(F)c1F. The highest BCUT2D eigenvalue weighted by molar-refractivity contribution is 5.67. The number of rotatable bonds is 5. The molecule has 0 N–H and O–H groups in total. The van der Waals surface area contributed by atoms with E-state index in [0.717, 1.165) is 18.2 Å². The fourth-order valence-electron chi connectivity index (χ4n) is 1.96. The summed E-state index contributed by atoms with van der Waals surface area (Å²) in [5.74, 6) is -5.67. The number of benzene rings is 2. The van der Waals surface area contributed by atoms with E-state index in [1.54, 1.807) is 0 Å². The first-order valence-corrected chi connectivity index (χ1v) is 6.64. The van der Waals surface area contributed by atoms with Gasteiger partial charge in [-0.25, -0.2) is 8.78 Å². The van der Waals surface area contributed by atoms with E-state index in [0.29, 0.717) is 6.42 Å². The van der Waals surface area contributed by atoms with Crippen LogP contribution in [-0.4, -0.2) is 13.7 Å². The van der Waals surface area contributed by atoms with E-state index < -0.39 is 28.8 Å². The third-order valence-corrected chi connectivity index (χ3v) is 3.07. The Bertz CT molecular complexity index is 686. The van der Waals surface area contributed by atoms with E-state index in [-0.39, 0.29) is 23.7 Å². The third-order valence-electron chi connectivity index (χ3n) is 3.07. The molecule has 0 aliphatic rings. The van der Waals surface area contributed by atoms with Gasteiger partial charge in [-0.2, -0.15) is 8.78 Å². The number of halogens is 4. The first-order chi connectivity index (χ1) is 10.5. The molecule has 0 aliphatic heterocycles. The molecule has 0 radical (unpaired) electrons. The normalized spacial score (nSPS) is 10.6. The van der Waals surface area contributed by atoms with Crippen molar-refractivity contribution in [3.63, 3.8) is 0 Å². The maximum Gasteiger partial charge on any atom is 0.201 e. The summed E-state index contributed by atoms with van der Waals surface area (Å²) in [5, 5.41) is 0. The molecule has 0 amide bonds. The Labute approximate surface area is 125 Å². The molecule has 0 bridgehead atoms. The van der Waals surface area contributed by atoms with Crippen molar-refractivity contribution in [3.05, 3.63) is 47.5 Å². The second-order valence-corrected chi connectivity index (χ2v) is 4.53. The molecule has 0 saturated heterocycles. The Morgan fingerprint density at radius 1 is 0.773 bits per heavy atom. The van der Waals surface area contributed by atoms with Crippen LogP contribution in [0.2, 0.25) is 0 Å². The van der Waals surface area contributed by atoms with E-state index in [4.69, 9.17) is 4.74 Å². The van der Waals surface area contributed by atoms with Gasteiger partial charge < -0.3 is 9.47 Å². The summed E-state index contributed by atoms with van der Waals surface area (Å²) in [6, 6.07) is 4.60. The van der Waals surface area contributed by atoms with Crippen molar-refractivity contribution in [3.8, 4) is 22.6 Å². The summed E-state index contributed by atoms with van der Waals surface area (Å²) >= 11 is 0. The van der Waals surface area contributed by atoms with Gasteiger partial charge in [-0.05, 0) is 30.7 Å². The molecule has 0 aliphatic carbocycles. The average molecular weight is 314 g/mol. The van der Waals surface area contributed by atoms with Gasteiger partial charge in [0, 0.05) is 11.1 Å². The lowest BCUT2D eigenvalue weighted by molar-refractivity contribution is 0.295. The fraction of sp³-hybridized carbons (Fsp3) is 0.250. The molecule has 0 heterocycles. The summed E-state index contributed by atoms with van der Waals surface area (Å²) in [7, 11) is 1.18. The monoisotopic (exact) mass is 314 g/mol. The van der Waals surface area contributed by atoms with E-state index in [2.05, 4.69) is 4.74 Å². The number of hydrogen-bond acceptors (Lipinski definition) is 2. The first kappa shape index (κ1) is 16.1. The lowest BCUT2D eigenvalue weighted by Crippen LogP contribution is -2.02. The van der Waals surface area contributed by atoms with Crippen LogP contribution in [0.3, 0.4) is 0 Å². The van der Waals surface area contributed by atoms with Crippen molar-refractivity contribution in [2.75, 3.05) is 13.7 Å². The van der Waals surface area contributed by atoms with Crippen LogP contribution in [-0.2, 0) is 0 Å². The Balaban J connectivity index is 2.50. The van der Waals surface area contributed by atoms with Gasteiger partial charge in [-0.15, -0.1) is 0 Å². The van der Waals surface area contributed by atoms with Gasteiger partial charge in [-0.3, -0.25) is 0 Å². The molecule has 0 saturated carbocycles. The zero-order chi connectivity index (χ0) is 16.3. The number of methoxy groups -OCH3 is 1. The average Bonchev–Trinajstić information content (AvgIpc) is 2.52. The zero-order valence-corrected chi connectivity index (χ0v) is 12.1. The summed E-state index contributed by atoms with van der Waals surface area (Å²) < 4.78 is 65.3. The maximum absolute atomic E-state index is 14.1. The summed E-state index contributed by atoms with van der Waals surface area (Å²) in [6.45, 7) is 2.04. The smallest absolute Gasteiger partial charge is 0.201 e. The second-order valence-electron chi connectivity index (χ2n) is 4.53. The highest BCUT2D eigenvalue weighted by Gasteiger charge is 2.21. The number of ether oxygens (including phenoxy) is 2. The van der Waals surface area contributed by atoms with E-state index in [9.17, 15) is 17.6 Å². The molecule has 0 unspecified atom stereocenters. The predicted octanol–water partition coefficient (Wildman–Crippen LogP) is 4.71. The molecule has 0 fully saturated rings. The maximum atomic E-state index is 14.1. The summed E-state index contributed by atoms with van der Waals surface area (Å²) in [6.07, 6.45) is 0.626. The van der Waals surface area contributed by atoms with Crippen LogP contribution < -0.4 is 9.47 Å².